The lowest BCUT2D eigenvalue weighted by atomic mass is 9.77. The number of benzene rings is 1. The molecule has 0 radical (unpaired) electrons. The van der Waals surface area contributed by atoms with Gasteiger partial charge < -0.3 is 5.11 Å². The number of carboxylic acid groups (broad SMARTS) is 1. The maximum atomic E-state index is 10.9. The minimum atomic E-state index is -0.787. The van der Waals surface area contributed by atoms with Gasteiger partial charge in [-0.15, -0.1) is 0 Å². The van der Waals surface area contributed by atoms with Gasteiger partial charge in [0.1, 0.15) is 6.04 Å². The topological polar surface area (TPSA) is 49.3 Å². The van der Waals surface area contributed by atoms with Crippen LogP contribution in [0.25, 0.3) is 0 Å². The molecule has 1 aliphatic carbocycles. The molecule has 0 amide bonds. The van der Waals surface area contributed by atoms with E-state index in [-0.39, 0.29) is 6.04 Å². The number of hydrogen-bond donors (Lipinski definition) is 2. The van der Waals surface area contributed by atoms with Crippen molar-refractivity contribution in [1.29, 1.82) is 0 Å². The standard InChI is InChI=1S/C14H19NO2/c1-10(14(16)17)15-13(12-8-5-9-12)11-6-3-2-4-7-11/h2-4,6-7,10,12-13,15H,5,8-9H2,1H3,(H,16,17). The van der Waals surface area contributed by atoms with Crippen molar-refractivity contribution in [3.05, 3.63) is 35.9 Å². The number of rotatable bonds is 5. The Bertz CT molecular complexity index is 373. The van der Waals surface area contributed by atoms with E-state index >= 15 is 0 Å². The third-order valence-corrected chi connectivity index (χ3v) is 3.58. The van der Waals surface area contributed by atoms with Gasteiger partial charge in [0.15, 0.2) is 0 Å². The van der Waals surface area contributed by atoms with Gasteiger partial charge in [-0.2, -0.15) is 0 Å². The van der Waals surface area contributed by atoms with Crippen molar-refractivity contribution < 1.29 is 9.90 Å². The third kappa shape index (κ3) is 2.86. The summed E-state index contributed by atoms with van der Waals surface area (Å²) in [6.45, 7) is 1.71. The molecule has 3 heteroatoms. The third-order valence-electron chi connectivity index (χ3n) is 3.58. The first-order chi connectivity index (χ1) is 8.18. The van der Waals surface area contributed by atoms with Crippen molar-refractivity contribution >= 4 is 5.97 Å². The summed E-state index contributed by atoms with van der Waals surface area (Å²) >= 11 is 0. The molecular weight excluding hydrogens is 214 g/mol. The molecule has 17 heavy (non-hydrogen) atoms. The highest BCUT2D eigenvalue weighted by Crippen LogP contribution is 2.37. The molecule has 92 valence electrons. The summed E-state index contributed by atoms with van der Waals surface area (Å²) in [5.41, 5.74) is 1.20. The fourth-order valence-electron chi connectivity index (χ4n) is 2.28. The van der Waals surface area contributed by atoms with E-state index in [0.29, 0.717) is 5.92 Å². The molecule has 2 rings (SSSR count). The van der Waals surface area contributed by atoms with Crippen LogP contribution in [0.1, 0.15) is 37.8 Å². The summed E-state index contributed by atoms with van der Waals surface area (Å²) in [7, 11) is 0. The first kappa shape index (κ1) is 12.1. The fourth-order valence-corrected chi connectivity index (χ4v) is 2.28. The molecule has 1 saturated carbocycles. The number of hydrogen-bond acceptors (Lipinski definition) is 2. The minimum Gasteiger partial charge on any atom is -0.480 e. The van der Waals surface area contributed by atoms with Crippen molar-refractivity contribution in [2.75, 3.05) is 0 Å². The van der Waals surface area contributed by atoms with Crippen LogP contribution >= 0.6 is 0 Å². The second kappa shape index (κ2) is 5.32. The Balaban J connectivity index is 2.11. The second-order valence-electron chi connectivity index (χ2n) is 4.81. The highest BCUT2D eigenvalue weighted by molar-refractivity contribution is 5.72. The van der Waals surface area contributed by atoms with Crippen LogP contribution in [-0.4, -0.2) is 17.1 Å². The Morgan fingerprint density at radius 1 is 1.35 bits per heavy atom. The molecule has 1 aliphatic rings. The van der Waals surface area contributed by atoms with Gasteiger partial charge in [-0.05, 0) is 31.2 Å². The average Bonchev–Trinajstić information content (AvgIpc) is 2.26. The van der Waals surface area contributed by atoms with Gasteiger partial charge in [0.05, 0.1) is 0 Å². The predicted octanol–water partition coefficient (Wildman–Crippen LogP) is 2.59. The van der Waals surface area contributed by atoms with Crippen molar-refractivity contribution in [1.82, 2.24) is 5.32 Å². The number of nitrogens with one attached hydrogen (secondary N) is 1. The number of carbonyl (C=O) groups is 1. The van der Waals surface area contributed by atoms with E-state index in [1.54, 1.807) is 6.92 Å². The Morgan fingerprint density at radius 3 is 2.47 bits per heavy atom. The predicted molar refractivity (Wildman–Crippen MR) is 66.8 cm³/mol. The molecule has 0 aliphatic heterocycles. The van der Waals surface area contributed by atoms with Crippen molar-refractivity contribution in [3.8, 4) is 0 Å². The lowest BCUT2D eigenvalue weighted by Crippen LogP contribution is -2.41. The zero-order chi connectivity index (χ0) is 12.3. The van der Waals surface area contributed by atoms with E-state index in [0.717, 1.165) is 0 Å². The normalized spacial score (nSPS) is 19.4. The van der Waals surface area contributed by atoms with Crippen LogP contribution in [0.15, 0.2) is 30.3 Å². The summed E-state index contributed by atoms with van der Waals surface area (Å²) in [6.07, 6.45) is 3.65. The quantitative estimate of drug-likeness (QED) is 0.821. The molecule has 2 N–H and O–H groups in total. The summed E-state index contributed by atoms with van der Waals surface area (Å²) in [5.74, 6) is -0.204. The Morgan fingerprint density at radius 2 is 2.00 bits per heavy atom. The maximum Gasteiger partial charge on any atom is 0.320 e. The highest BCUT2D eigenvalue weighted by atomic mass is 16.4. The smallest absolute Gasteiger partial charge is 0.320 e. The maximum absolute atomic E-state index is 10.9. The highest BCUT2D eigenvalue weighted by Gasteiger charge is 2.30. The van der Waals surface area contributed by atoms with Crippen LogP contribution in [0.3, 0.4) is 0 Å². The van der Waals surface area contributed by atoms with Crippen molar-refractivity contribution in [2.45, 2.75) is 38.3 Å². The van der Waals surface area contributed by atoms with Crippen molar-refractivity contribution in [3.63, 3.8) is 0 Å². The van der Waals surface area contributed by atoms with E-state index < -0.39 is 12.0 Å². The first-order valence-electron chi connectivity index (χ1n) is 6.22. The van der Waals surface area contributed by atoms with Gasteiger partial charge in [-0.1, -0.05) is 36.8 Å². The summed E-state index contributed by atoms with van der Waals surface area (Å²) in [6, 6.07) is 9.83. The Kier molecular flexibility index (Phi) is 3.79. The summed E-state index contributed by atoms with van der Waals surface area (Å²) in [5, 5.41) is 12.2. The van der Waals surface area contributed by atoms with E-state index in [1.807, 2.05) is 18.2 Å². The zero-order valence-corrected chi connectivity index (χ0v) is 10.1. The van der Waals surface area contributed by atoms with Crippen molar-refractivity contribution in [2.24, 2.45) is 5.92 Å². The molecule has 0 aromatic heterocycles. The molecule has 0 bridgehead atoms. The molecule has 1 aromatic rings. The number of aliphatic carboxylic acids is 1. The Hall–Kier alpha value is -1.35. The van der Waals surface area contributed by atoms with Crippen LogP contribution < -0.4 is 5.32 Å². The first-order valence-corrected chi connectivity index (χ1v) is 6.22. The summed E-state index contributed by atoms with van der Waals surface area (Å²) in [4.78, 5) is 10.9. The monoisotopic (exact) mass is 233 g/mol. The van der Waals surface area contributed by atoms with Crippen LogP contribution in [-0.2, 0) is 4.79 Å². The van der Waals surface area contributed by atoms with E-state index in [9.17, 15) is 4.79 Å². The largest absolute Gasteiger partial charge is 0.480 e. The van der Waals surface area contributed by atoms with Gasteiger partial charge in [0, 0.05) is 6.04 Å². The zero-order valence-electron chi connectivity index (χ0n) is 10.1. The fraction of sp³-hybridized carbons (Fsp3) is 0.500. The van der Waals surface area contributed by atoms with Crippen LogP contribution in [0, 0.1) is 5.92 Å². The molecule has 0 spiro atoms. The SMILES string of the molecule is CC(NC(c1ccccc1)C1CCC1)C(=O)O. The molecule has 2 atom stereocenters. The molecule has 3 nitrogen and oxygen atoms in total. The molecule has 1 fully saturated rings. The Labute approximate surface area is 102 Å². The van der Waals surface area contributed by atoms with Crippen LogP contribution in [0.2, 0.25) is 0 Å². The summed E-state index contributed by atoms with van der Waals surface area (Å²) < 4.78 is 0. The van der Waals surface area contributed by atoms with Crippen LogP contribution in [0.4, 0.5) is 0 Å². The lowest BCUT2D eigenvalue weighted by molar-refractivity contribution is -0.139. The molecule has 0 heterocycles. The van der Waals surface area contributed by atoms with E-state index in [1.165, 1.54) is 24.8 Å². The lowest BCUT2D eigenvalue weighted by Gasteiger charge is -2.35. The molecule has 2 unspecified atom stereocenters. The molecular formula is C14H19NO2. The van der Waals surface area contributed by atoms with Gasteiger partial charge in [0.25, 0.3) is 0 Å². The number of carboxylic acids is 1. The molecule has 0 saturated heterocycles. The minimum absolute atomic E-state index is 0.177. The van der Waals surface area contributed by atoms with Gasteiger partial charge in [0.2, 0.25) is 0 Å². The van der Waals surface area contributed by atoms with Gasteiger partial charge in [-0.3, -0.25) is 10.1 Å². The van der Waals surface area contributed by atoms with Gasteiger partial charge >= 0.3 is 5.97 Å². The average molecular weight is 233 g/mol. The van der Waals surface area contributed by atoms with Gasteiger partial charge in [-0.25, -0.2) is 0 Å². The molecule has 1 aromatic carbocycles. The van der Waals surface area contributed by atoms with E-state index in [4.69, 9.17) is 5.11 Å². The van der Waals surface area contributed by atoms with Crippen LogP contribution in [0.5, 0.6) is 0 Å². The second-order valence-corrected chi connectivity index (χ2v) is 4.81. The van der Waals surface area contributed by atoms with E-state index in [2.05, 4.69) is 17.4 Å².